The number of hydrogen-bond donors (Lipinski definition) is 2. The minimum atomic E-state index is -1.40. The molecule has 0 radical (unpaired) electrons. The fourth-order valence-electron chi connectivity index (χ4n) is 3.97. The lowest BCUT2D eigenvalue weighted by Gasteiger charge is -2.33. The first-order chi connectivity index (χ1) is 14.3. The Balaban J connectivity index is 1.54. The van der Waals surface area contributed by atoms with Crippen molar-refractivity contribution in [2.24, 2.45) is 4.99 Å². The fraction of sp³-hybridized carbons (Fsp3) is 0.381. The maximum absolute atomic E-state index is 11.6. The molecule has 0 unspecified atom stereocenters. The van der Waals surface area contributed by atoms with Crippen molar-refractivity contribution in [1.29, 1.82) is 0 Å². The van der Waals surface area contributed by atoms with E-state index in [4.69, 9.17) is 20.6 Å². The molecule has 1 aromatic heterocycles. The number of aromatic nitrogens is 2. The van der Waals surface area contributed by atoms with Crippen LogP contribution in [0, 0.1) is 0 Å². The molecule has 3 heterocycles. The number of rotatable bonds is 2. The number of carboxylic acids is 1. The molecule has 9 heteroatoms. The molecule has 30 heavy (non-hydrogen) atoms. The number of carbonyl (C=O) groups excluding carboxylic acids is 1. The number of anilines is 1. The van der Waals surface area contributed by atoms with Gasteiger partial charge in [-0.3, -0.25) is 4.79 Å². The molecule has 156 valence electrons. The minimum absolute atomic E-state index is 0.271. The smallest absolute Gasteiger partial charge is 0.394 e. The van der Waals surface area contributed by atoms with Crippen LogP contribution in [0.2, 0.25) is 0 Å². The van der Waals surface area contributed by atoms with Gasteiger partial charge in [0.2, 0.25) is 5.88 Å². The first-order valence-electron chi connectivity index (χ1n) is 9.77. The van der Waals surface area contributed by atoms with E-state index < -0.39 is 17.5 Å². The van der Waals surface area contributed by atoms with Gasteiger partial charge in [0, 0.05) is 18.7 Å². The molecule has 2 aliphatic rings. The van der Waals surface area contributed by atoms with Crippen LogP contribution in [-0.2, 0) is 9.59 Å². The van der Waals surface area contributed by atoms with Crippen molar-refractivity contribution in [3.8, 4) is 5.88 Å². The summed E-state index contributed by atoms with van der Waals surface area (Å²) in [5, 5.41) is 8.86. The highest BCUT2D eigenvalue weighted by Gasteiger charge is 2.35. The summed E-state index contributed by atoms with van der Waals surface area (Å²) in [4.78, 5) is 36.7. The van der Waals surface area contributed by atoms with E-state index in [2.05, 4.69) is 9.97 Å². The van der Waals surface area contributed by atoms with Crippen LogP contribution in [0.25, 0.3) is 0 Å². The lowest BCUT2D eigenvalue weighted by molar-refractivity contribution is -0.156. The van der Waals surface area contributed by atoms with Crippen molar-refractivity contribution in [3.05, 3.63) is 41.7 Å². The molecule has 0 aliphatic carbocycles. The number of benzene rings is 1. The van der Waals surface area contributed by atoms with Crippen LogP contribution in [0.15, 0.2) is 35.6 Å². The van der Waals surface area contributed by atoms with Crippen LogP contribution in [0.1, 0.15) is 43.7 Å². The van der Waals surface area contributed by atoms with Crippen LogP contribution in [0.3, 0.4) is 0 Å². The van der Waals surface area contributed by atoms with E-state index >= 15 is 0 Å². The van der Waals surface area contributed by atoms with Crippen LogP contribution >= 0.6 is 0 Å². The van der Waals surface area contributed by atoms with Gasteiger partial charge in [0.05, 0.1) is 5.71 Å². The van der Waals surface area contributed by atoms with Crippen molar-refractivity contribution in [1.82, 2.24) is 14.9 Å². The summed E-state index contributed by atoms with van der Waals surface area (Å²) in [5.74, 6) is -1.31. The highest BCUT2D eigenvalue weighted by molar-refractivity contribution is 6.31. The first-order valence-corrected chi connectivity index (χ1v) is 9.77. The van der Waals surface area contributed by atoms with Gasteiger partial charge in [-0.25, -0.2) is 14.8 Å². The second-order valence-corrected chi connectivity index (χ2v) is 7.98. The lowest BCUT2D eigenvalue weighted by atomic mass is 9.87. The standard InChI is InChI=1S/C21H23N5O4/c1-21(2)16(25-15-17(22)23-11-24-18(15)30-21)14-5-3-12(4-6-14)13-7-9-26(10-8-13)19(27)20(28)29/h3-6,11,13H,7-10H2,1-2H3,(H,28,29)(H2,22,23,24). The number of carbonyl (C=O) groups is 2. The predicted molar refractivity (Wildman–Crippen MR) is 110 cm³/mol. The third-order valence-electron chi connectivity index (χ3n) is 5.58. The number of aliphatic imine (C=N–C) groups is 1. The Morgan fingerprint density at radius 3 is 2.47 bits per heavy atom. The number of nitrogen functional groups attached to an aromatic ring is 1. The number of fused-ring (bicyclic) bond motifs is 1. The second kappa shape index (κ2) is 7.40. The Morgan fingerprint density at radius 1 is 1.17 bits per heavy atom. The van der Waals surface area contributed by atoms with E-state index in [0.29, 0.717) is 24.7 Å². The molecule has 3 N–H and O–H groups in total. The molecule has 0 saturated carbocycles. The Labute approximate surface area is 173 Å². The average molecular weight is 409 g/mol. The van der Waals surface area contributed by atoms with Gasteiger partial charge in [-0.15, -0.1) is 0 Å². The Hall–Kier alpha value is -3.49. The van der Waals surface area contributed by atoms with Gasteiger partial charge in [0.1, 0.15) is 11.9 Å². The van der Waals surface area contributed by atoms with E-state index in [-0.39, 0.29) is 11.7 Å². The molecule has 1 aromatic carbocycles. The molecule has 0 bridgehead atoms. The Bertz CT molecular complexity index is 1020. The summed E-state index contributed by atoms with van der Waals surface area (Å²) in [7, 11) is 0. The van der Waals surface area contributed by atoms with Crippen molar-refractivity contribution in [2.45, 2.75) is 38.2 Å². The second-order valence-electron chi connectivity index (χ2n) is 7.98. The van der Waals surface area contributed by atoms with E-state index in [0.717, 1.165) is 29.7 Å². The molecule has 1 fully saturated rings. The summed E-state index contributed by atoms with van der Waals surface area (Å²) in [6.07, 6.45) is 2.82. The summed E-state index contributed by atoms with van der Waals surface area (Å²) in [6.45, 7) is 4.74. The molecule has 1 saturated heterocycles. The zero-order valence-electron chi connectivity index (χ0n) is 16.8. The predicted octanol–water partition coefficient (Wildman–Crippen LogP) is 2.14. The number of nitrogens with zero attached hydrogens (tertiary/aromatic N) is 4. The normalized spacial score (nSPS) is 18.2. The van der Waals surface area contributed by atoms with Crippen molar-refractivity contribution in [3.63, 3.8) is 0 Å². The van der Waals surface area contributed by atoms with E-state index in [1.165, 1.54) is 11.2 Å². The molecule has 4 rings (SSSR count). The zero-order chi connectivity index (χ0) is 21.5. The summed E-state index contributed by atoms with van der Waals surface area (Å²) < 4.78 is 6.02. The molecular formula is C21H23N5O4. The average Bonchev–Trinajstić information content (AvgIpc) is 2.72. The first kappa shape index (κ1) is 19.8. The number of carboxylic acid groups (broad SMARTS) is 1. The van der Waals surface area contributed by atoms with Gasteiger partial charge in [-0.2, -0.15) is 4.98 Å². The molecular weight excluding hydrogens is 386 g/mol. The highest BCUT2D eigenvalue weighted by atomic mass is 16.5. The summed E-state index contributed by atoms with van der Waals surface area (Å²) >= 11 is 0. The quantitative estimate of drug-likeness (QED) is 0.727. The van der Waals surface area contributed by atoms with Gasteiger partial charge in [0.25, 0.3) is 0 Å². The number of ether oxygens (including phenoxy) is 1. The minimum Gasteiger partial charge on any atom is -0.474 e. The maximum atomic E-state index is 11.6. The van der Waals surface area contributed by atoms with Gasteiger partial charge in [-0.1, -0.05) is 24.3 Å². The highest BCUT2D eigenvalue weighted by Crippen LogP contribution is 2.39. The molecule has 2 aromatic rings. The SMILES string of the molecule is CC1(C)Oc2ncnc(N)c2N=C1c1ccc(C2CCN(C(=O)C(=O)O)CC2)cc1. The maximum Gasteiger partial charge on any atom is 0.394 e. The number of piperidine rings is 1. The molecule has 0 spiro atoms. The topological polar surface area (TPSA) is 131 Å². The molecule has 9 nitrogen and oxygen atoms in total. The largest absolute Gasteiger partial charge is 0.474 e. The van der Waals surface area contributed by atoms with E-state index in [9.17, 15) is 9.59 Å². The van der Waals surface area contributed by atoms with Crippen LogP contribution < -0.4 is 10.5 Å². The van der Waals surface area contributed by atoms with Crippen molar-refractivity contribution in [2.75, 3.05) is 18.8 Å². The van der Waals surface area contributed by atoms with Gasteiger partial charge < -0.3 is 20.5 Å². The van der Waals surface area contributed by atoms with Gasteiger partial charge in [0.15, 0.2) is 11.5 Å². The third-order valence-corrected chi connectivity index (χ3v) is 5.58. The van der Waals surface area contributed by atoms with E-state index in [1.807, 2.05) is 38.1 Å². The molecule has 1 amide bonds. The van der Waals surface area contributed by atoms with Gasteiger partial charge >= 0.3 is 11.9 Å². The number of likely N-dealkylation sites (tertiary alicyclic amines) is 1. The zero-order valence-corrected chi connectivity index (χ0v) is 16.8. The van der Waals surface area contributed by atoms with Crippen molar-refractivity contribution >= 4 is 29.1 Å². The van der Waals surface area contributed by atoms with Crippen LogP contribution in [-0.4, -0.2) is 56.3 Å². The van der Waals surface area contributed by atoms with Crippen LogP contribution in [0.4, 0.5) is 11.5 Å². The number of amides is 1. The summed E-state index contributed by atoms with van der Waals surface area (Å²) in [5.41, 5.74) is 8.50. The number of hydrogen-bond acceptors (Lipinski definition) is 7. The fourth-order valence-corrected chi connectivity index (χ4v) is 3.97. The molecule has 0 atom stereocenters. The number of aliphatic carboxylic acids is 1. The lowest BCUT2D eigenvalue weighted by Crippen LogP contribution is -2.41. The Morgan fingerprint density at radius 2 is 1.83 bits per heavy atom. The van der Waals surface area contributed by atoms with Gasteiger partial charge in [-0.05, 0) is 38.2 Å². The van der Waals surface area contributed by atoms with E-state index in [1.54, 1.807) is 0 Å². The third kappa shape index (κ3) is 3.58. The Kier molecular flexibility index (Phi) is 4.89. The van der Waals surface area contributed by atoms with Crippen molar-refractivity contribution < 1.29 is 19.4 Å². The number of nitrogens with two attached hydrogens (primary N) is 1. The van der Waals surface area contributed by atoms with Crippen LogP contribution in [0.5, 0.6) is 5.88 Å². The molecule has 2 aliphatic heterocycles. The monoisotopic (exact) mass is 409 g/mol. The summed E-state index contributed by atoms with van der Waals surface area (Å²) in [6, 6.07) is 8.10.